The van der Waals surface area contributed by atoms with Gasteiger partial charge in [0.15, 0.2) is 5.13 Å². The normalized spacial score (nSPS) is 10.6. The van der Waals surface area contributed by atoms with Crippen molar-refractivity contribution in [2.24, 2.45) is 7.05 Å². The maximum Gasteiger partial charge on any atom is 0.185 e. The summed E-state index contributed by atoms with van der Waals surface area (Å²) >= 11 is 1.52. The van der Waals surface area contributed by atoms with Crippen LogP contribution in [0.1, 0.15) is 11.1 Å². The number of nitrogen functional groups attached to an aromatic ring is 1. The topological polar surface area (TPSA) is 96.7 Å². The number of rotatable bonds is 3. The molecule has 0 aliphatic carbocycles. The van der Waals surface area contributed by atoms with Crippen molar-refractivity contribution < 1.29 is 0 Å². The highest BCUT2D eigenvalue weighted by molar-refractivity contribution is 7.18. The summed E-state index contributed by atoms with van der Waals surface area (Å²) in [6.45, 7) is 1.94. The largest absolute Gasteiger partial charge is 0.383 e. The Kier molecular flexibility index (Phi) is 3.95. The summed E-state index contributed by atoms with van der Waals surface area (Å²) in [7, 11) is 5.71. The summed E-state index contributed by atoms with van der Waals surface area (Å²) in [5.41, 5.74) is 9.72. The highest BCUT2D eigenvalue weighted by Gasteiger charge is 2.21. The van der Waals surface area contributed by atoms with E-state index >= 15 is 0 Å². The van der Waals surface area contributed by atoms with E-state index < -0.39 is 0 Å². The van der Waals surface area contributed by atoms with Crippen LogP contribution in [0, 0.1) is 18.3 Å². The van der Waals surface area contributed by atoms with Gasteiger partial charge in [0, 0.05) is 44.7 Å². The molecule has 0 bridgehead atoms. The quantitative estimate of drug-likeness (QED) is 0.787. The number of hydrogen-bond donors (Lipinski definition) is 1. The maximum atomic E-state index is 9.55. The summed E-state index contributed by atoms with van der Waals surface area (Å²) in [4.78, 5) is 11.7. The Labute approximate surface area is 144 Å². The predicted octanol–water partition coefficient (Wildman–Crippen LogP) is 2.43. The van der Waals surface area contributed by atoms with Crippen LogP contribution in [0.5, 0.6) is 0 Å². The van der Waals surface area contributed by atoms with Crippen molar-refractivity contribution in [3.8, 4) is 27.8 Å². The van der Waals surface area contributed by atoms with E-state index in [2.05, 4.69) is 21.1 Å². The van der Waals surface area contributed by atoms with Gasteiger partial charge in [-0.05, 0) is 12.5 Å². The minimum Gasteiger partial charge on any atom is -0.383 e. The highest BCUT2D eigenvalue weighted by atomic mass is 32.1. The lowest BCUT2D eigenvalue weighted by atomic mass is 9.98. The van der Waals surface area contributed by atoms with E-state index in [1.54, 1.807) is 17.1 Å². The Morgan fingerprint density at radius 2 is 2.08 bits per heavy atom. The zero-order chi connectivity index (χ0) is 17.4. The molecule has 3 aromatic rings. The molecule has 0 fully saturated rings. The van der Waals surface area contributed by atoms with Gasteiger partial charge in [-0.3, -0.25) is 4.68 Å². The molecular weight excluding hydrogens is 322 g/mol. The average molecular weight is 339 g/mol. The monoisotopic (exact) mass is 339 g/mol. The van der Waals surface area contributed by atoms with E-state index in [1.807, 2.05) is 39.2 Å². The number of pyridine rings is 1. The van der Waals surface area contributed by atoms with Gasteiger partial charge in [-0.1, -0.05) is 11.3 Å². The van der Waals surface area contributed by atoms with Crippen LogP contribution in [-0.2, 0) is 7.05 Å². The van der Waals surface area contributed by atoms with Crippen molar-refractivity contribution in [1.29, 1.82) is 5.26 Å². The molecule has 8 heteroatoms. The molecule has 0 amide bonds. The second-order valence-electron chi connectivity index (χ2n) is 5.64. The molecule has 0 aliphatic rings. The van der Waals surface area contributed by atoms with Gasteiger partial charge in [-0.25, -0.2) is 9.97 Å². The van der Waals surface area contributed by atoms with Crippen molar-refractivity contribution in [2.45, 2.75) is 6.92 Å². The Morgan fingerprint density at radius 3 is 2.62 bits per heavy atom. The summed E-state index contributed by atoms with van der Waals surface area (Å²) in [5, 5.41) is 14.6. The molecule has 24 heavy (non-hydrogen) atoms. The number of nitriles is 1. The van der Waals surface area contributed by atoms with Crippen LogP contribution in [0.25, 0.3) is 21.7 Å². The Morgan fingerprint density at radius 1 is 1.33 bits per heavy atom. The van der Waals surface area contributed by atoms with E-state index in [0.717, 1.165) is 32.4 Å². The maximum absolute atomic E-state index is 9.55. The molecule has 0 saturated heterocycles. The number of anilines is 2. The molecule has 0 unspecified atom stereocenters. The molecule has 122 valence electrons. The molecule has 7 nitrogen and oxygen atoms in total. The number of hydrogen-bond acceptors (Lipinski definition) is 7. The molecule has 3 heterocycles. The predicted molar refractivity (Wildman–Crippen MR) is 95.7 cm³/mol. The van der Waals surface area contributed by atoms with E-state index in [-0.39, 0.29) is 5.82 Å². The molecule has 0 aromatic carbocycles. The Hall–Kier alpha value is -2.92. The number of aryl methyl sites for hydroxylation is 1. The molecular formula is C16H17N7S. The van der Waals surface area contributed by atoms with Gasteiger partial charge in [0.05, 0.1) is 16.8 Å². The first-order valence-corrected chi connectivity index (χ1v) is 8.06. The average Bonchev–Trinajstić information content (AvgIpc) is 3.17. The van der Waals surface area contributed by atoms with Crippen molar-refractivity contribution >= 4 is 22.3 Å². The molecule has 3 rings (SSSR count). The molecule has 0 radical (unpaired) electrons. The number of nitrogens with two attached hydrogens (primary N) is 1. The van der Waals surface area contributed by atoms with E-state index in [4.69, 9.17) is 5.73 Å². The molecule has 0 spiro atoms. The second-order valence-corrected chi connectivity index (χ2v) is 6.65. The standard InChI is InChI=1S/C16H17N7S/c1-9-13(12-7-19-16(24-12)22(2)3)11(5-17)15(18)21-14(9)10-6-20-23(4)8-10/h6-8H,1-4H3,(H2,18,21). The van der Waals surface area contributed by atoms with Gasteiger partial charge >= 0.3 is 0 Å². The van der Waals surface area contributed by atoms with E-state index in [9.17, 15) is 5.26 Å². The summed E-state index contributed by atoms with van der Waals surface area (Å²) in [6, 6.07) is 2.18. The third-order valence-corrected chi connectivity index (χ3v) is 4.86. The minimum absolute atomic E-state index is 0.219. The Bertz CT molecular complexity index is 946. The van der Waals surface area contributed by atoms with Gasteiger partial charge in [-0.15, -0.1) is 0 Å². The van der Waals surface area contributed by atoms with Crippen molar-refractivity contribution in [1.82, 2.24) is 19.7 Å². The zero-order valence-corrected chi connectivity index (χ0v) is 14.7. The third kappa shape index (κ3) is 2.59. The lowest BCUT2D eigenvalue weighted by Crippen LogP contribution is -2.07. The molecule has 0 aliphatic heterocycles. The molecule has 0 atom stereocenters. The summed E-state index contributed by atoms with van der Waals surface area (Å²) < 4.78 is 1.71. The molecule has 0 saturated carbocycles. The van der Waals surface area contributed by atoms with Crippen LogP contribution in [0.4, 0.5) is 10.9 Å². The van der Waals surface area contributed by atoms with Crippen molar-refractivity contribution in [3.05, 3.63) is 29.7 Å². The number of aromatic nitrogens is 4. The number of nitrogens with zero attached hydrogens (tertiary/aromatic N) is 6. The smallest absolute Gasteiger partial charge is 0.185 e. The van der Waals surface area contributed by atoms with Crippen LogP contribution in [-0.4, -0.2) is 33.8 Å². The fourth-order valence-corrected chi connectivity index (χ4v) is 3.47. The lowest BCUT2D eigenvalue weighted by Gasteiger charge is -2.12. The van der Waals surface area contributed by atoms with Crippen LogP contribution < -0.4 is 10.6 Å². The lowest BCUT2D eigenvalue weighted by molar-refractivity contribution is 0.768. The highest BCUT2D eigenvalue weighted by Crippen LogP contribution is 2.39. The van der Waals surface area contributed by atoms with E-state index in [1.165, 1.54) is 11.3 Å². The SMILES string of the molecule is Cc1c(-c2cnn(C)c2)nc(N)c(C#N)c1-c1cnc(N(C)C)s1. The summed E-state index contributed by atoms with van der Waals surface area (Å²) in [6.07, 6.45) is 5.39. The van der Waals surface area contributed by atoms with Crippen LogP contribution in [0.2, 0.25) is 0 Å². The van der Waals surface area contributed by atoms with Crippen LogP contribution >= 0.6 is 11.3 Å². The number of thiazole rings is 1. The van der Waals surface area contributed by atoms with Gasteiger partial charge in [0.2, 0.25) is 0 Å². The van der Waals surface area contributed by atoms with Crippen LogP contribution in [0.3, 0.4) is 0 Å². The molecule has 2 N–H and O–H groups in total. The molecule has 3 aromatic heterocycles. The third-order valence-electron chi connectivity index (χ3n) is 3.68. The van der Waals surface area contributed by atoms with E-state index in [0.29, 0.717) is 5.56 Å². The fourth-order valence-electron chi connectivity index (χ4n) is 2.53. The first-order valence-electron chi connectivity index (χ1n) is 7.25. The minimum atomic E-state index is 0.219. The van der Waals surface area contributed by atoms with Gasteiger partial charge in [0.1, 0.15) is 17.5 Å². The summed E-state index contributed by atoms with van der Waals surface area (Å²) in [5.74, 6) is 0.219. The fraction of sp³-hybridized carbons (Fsp3) is 0.250. The van der Waals surface area contributed by atoms with Crippen molar-refractivity contribution in [3.63, 3.8) is 0 Å². The van der Waals surface area contributed by atoms with Crippen LogP contribution in [0.15, 0.2) is 18.6 Å². The Balaban J connectivity index is 2.27. The van der Waals surface area contributed by atoms with Gasteiger partial charge in [-0.2, -0.15) is 10.4 Å². The first-order chi connectivity index (χ1) is 11.4. The first kappa shape index (κ1) is 16.0. The van der Waals surface area contributed by atoms with Gasteiger partial charge in [0.25, 0.3) is 0 Å². The van der Waals surface area contributed by atoms with Crippen molar-refractivity contribution in [2.75, 3.05) is 24.7 Å². The zero-order valence-electron chi connectivity index (χ0n) is 13.9. The second kappa shape index (κ2) is 5.94. The van der Waals surface area contributed by atoms with Gasteiger partial charge < -0.3 is 10.6 Å².